The highest BCUT2D eigenvalue weighted by atomic mass is 16.5. The van der Waals surface area contributed by atoms with Crippen LogP contribution < -0.4 is 0 Å². The molecule has 1 aromatic carbocycles. The van der Waals surface area contributed by atoms with E-state index in [1.54, 1.807) is 13.0 Å². The number of hydrogen-bond acceptors (Lipinski definition) is 5. The molecule has 0 heterocycles. The lowest BCUT2D eigenvalue weighted by molar-refractivity contribution is -0.143. The highest BCUT2D eigenvalue weighted by Gasteiger charge is 2.40. The van der Waals surface area contributed by atoms with Gasteiger partial charge in [-0.1, -0.05) is 62.6 Å². The lowest BCUT2D eigenvalue weighted by atomic mass is 9.85. The molecular weight excluding hydrogens is 392 g/mol. The summed E-state index contributed by atoms with van der Waals surface area (Å²) in [6.07, 6.45) is 8.77. The Bertz CT molecular complexity index is 726. The molecule has 0 amide bonds. The van der Waals surface area contributed by atoms with Crippen LogP contribution in [0.2, 0.25) is 0 Å². The Morgan fingerprint density at radius 3 is 2.65 bits per heavy atom. The van der Waals surface area contributed by atoms with Crippen molar-refractivity contribution < 1.29 is 24.5 Å². The summed E-state index contributed by atoms with van der Waals surface area (Å²) in [6, 6.07) is 8.00. The molecule has 1 unspecified atom stereocenters. The van der Waals surface area contributed by atoms with Gasteiger partial charge in [0.15, 0.2) is 0 Å². The van der Waals surface area contributed by atoms with E-state index < -0.39 is 12.2 Å². The number of Topliss-reactive ketones (excluding diaryl/α,β-unsaturated/α-hetero) is 1. The maximum Gasteiger partial charge on any atom is 0.305 e. The van der Waals surface area contributed by atoms with Gasteiger partial charge < -0.3 is 14.9 Å². The smallest absolute Gasteiger partial charge is 0.305 e. The minimum Gasteiger partial charge on any atom is -0.466 e. The molecule has 1 aliphatic carbocycles. The Morgan fingerprint density at radius 1 is 1.19 bits per heavy atom. The third kappa shape index (κ3) is 8.23. The number of hydrogen-bond donors (Lipinski definition) is 2. The van der Waals surface area contributed by atoms with E-state index in [1.807, 2.05) is 30.3 Å². The lowest BCUT2D eigenvalue weighted by Crippen LogP contribution is -2.21. The summed E-state index contributed by atoms with van der Waals surface area (Å²) < 4.78 is 5.00. The van der Waals surface area contributed by atoms with Crippen LogP contribution in [-0.4, -0.2) is 40.8 Å². The molecular formula is C26H38O5. The molecule has 0 spiro atoms. The Balaban J connectivity index is 2.02. The van der Waals surface area contributed by atoms with Crippen LogP contribution >= 0.6 is 0 Å². The Labute approximate surface area is 186 Å². The number of unbranched alkanes of at least 4 members (excludes halogenated alkanes) is 2. The van der Waals surface area contributed by atoms with Crippen molar-refractivity contribution in [3.8, 4) is 0 Å². The Morgan fingerprint density at radius 2 is 1.94 bits per heavy atom. The zero-order valence-electron chi connectivity index (χ0n) is 19.0. The summed E-state index contributed by atoms with van der Waals surface area (Å²) in [5.41, 5.74) is 2.21. The van der Waals surface area contributed by atoms with Crippen LogP contribution in [0.3, 0.4) is 0 Å². The number of esters is 1. The second kappa shape index (κ2) is 13.4. The fraction of sp³-hybridized carbons (Fsp3) is 0.615. The maximum absolute atomic E-state index is 12.6. The Hall–Kier alpha value is -1.98. The number of rotatable bonds is 13. The SMILES string of the molecule is CCCCC[C@H](O)C=C[C@H]1C(Cc2ccccc2CCCC(=O)OCC)C(=O)C[C@@H]1O. The first-order valence-electron chi connectivity index (χ1n) is 11.8. The second-order valence-electron chi connectivity index (χ2n) is 8.50. The quantitative estimate of drug-likeness (QED) is 0.279. The van der Waals surface area contributed by atoms with Crippen molar-refractivity contribution in [2.24, 2.45) is 11.8 Å². The minimum absolute atomic E-state index is 0.0731. The predicted molar refractivity (Wildman–Crippen MR) is 122 cm³/mol. The lowest BCUT2D eigenvalue weighted by Gasteiger charge is -2.20. The molecule has 1 saturated carbocycles. The molecule has 1 fully saturated rings. The minimum atomic E-state index is -0.701. The molecule has 0 aliphatic heterocycles. The first-order valence-corrected chi connectivity index (χ1v) is 11.8. The molecule has 0 bridgehead atoms. The van der Waals surface area contributed by atoms with Gasteiger partial charge in [-0.05, 0) is 43.7 Å². The number of benzene rings is 1. The van der Waals surface area contributed by atoms with Gasteiger partial charge in [0.05, 0.1) is 18.8 Å². The second-order valence-corrected chi connectivity index (χ2v) is 8.50. The molecule has 4 atom stereocenters. The van der Waals surface area contributed by atoms with E-state index in [0.29, 0.717) is 32.3 Å². The first-order chi connectivity index (χ1) is 15.0. The van der Waals surface area contributed by atoms with Gasteiger partial charge in [0.1, 0.15) is 5.78 Å². The first kappa shape index (κ1) is 25.3. The van der Waals surface area contributed by atoms with Crippen molar-refractivity contribution in [3.63, 3.8) is 0 Å². The number of ketones is 1. The highest BCUT2D eigenvalue weighted by Crippen LogP contribution is 2.34. The monoisotopic (exact) mass is 430 g/mol. The van der Waals surface area contributed by atoms with Crippen molar-refractivity contribution in [3.05, 3.63) is 47.5 Å². The number of carbonyl (C=O) groups excluding carboxylic acids is 2. The molecule has 0 aromatic heterocycles. The van der Waals surface area contributed by atoms with Crippen LogP contribution in [0.4, 0.5) is 0 Å². The van der Waals surface area contributed by atoms with E-state index in [4.69, 9.17) is 4.74 Å². The third-order valence-electron chi connectivity index (χ3n) is 6.08. The van der Waals surface area contributed by atoms with Crippen LogP contribution in [-0.2, 0) is 27.2 Å². The van der Waals surface area contributed by atoms with Crippen LogP contribution in [0.25, 0.3) is 0 Å². The summed E-state index contributed by atoms with van der Waals surface area (Å²) in [5, 5.41) is 20.6. The molecule has 2 N–H and O–H groups in total. The van der Waals surface area contributed by atoms with Gasteiger partial charge in [-0.2, -0.15) is 0 Å². The zero-order chi connectivity index (χ0) is 22.6. The Kier molecular flexibility index (Phi) is 11.0. The normalized spacial score (nSPS) is 22.2. The third-order valence-corrected chi connectivity index (χ3v) is 6.08. The van der Waals surface area contributed by atoms with Crippen molar-refractivity contribution in [1.82, 2.24) is 0 Å². The van der Waals surface area contributed by atoms with E-state index in [1.165, 1.54) is 0 Å². The number of aliphatic hydroxyl groups is 2. The summed E-state index contributed by atoms with van der Waals surface area (Å²) in [7, 11) is 0. The van der Waals surface area contributed by atoms with Gasteiger partial charge in [0, 0.05) is 24.7 Å². The summed E-state index contributed by atoms with van der Waals surface area (Å²) in [5.74, 6) is -0.679. The molecule has 172 valence electrons. The van der Waals surface area contributed by atoms with Crippen molar-refractivity contribution in [2.45, 2.75) is 83.8 Å². The van der Waals surface area contributed by atoms with Crippen molar-refractivity contribution >= 4 is 11.8 Å². The van der Waals surface area contributed by atoms with E-state index in [0.717, 1.165) is 36.8 Å². The zero-order valence-corrected chi connectivity index (χ0v) is 19.0. The summed E-state index contributed by atoms with van der Waals surface area (Å²) in [6.45, 7) is 4.32. The van der Waals surface area contributed by atoms with E-state index in [9.17, 15) is 19.8 Å². The van der Waals surface area contributed by atoms with Gasteiger partial charge in [0.2, 0.25) is 0 Å². The highest BCUT2D eigenvalue weighted by molar-refractivity contribution is 5.85. The number of aryl methyl sites for hydroxylation is 1. The average molecular weight is 431 g/mol. The summed E-state index contributed by atoms with van der Waals surface area (Å²) in [4.78, 5) is 24.2. The number of carbonyl (C=O) groups is 2. The molecule has 5 heteroatoms. The fourth-order valence-electron chi connectivity index (χ4n) is 4.34. The van der Waals surface area contributed by atoms with E-state index in [2.05, 4.69) is 6.92 Å². The molecule has 5 nitrogen and oxygen atoms in total. The molecule has 1 aromatic rings. The molecule has 31 heavy (non-hydrogen) atoms. The molecule has 2 rings (SSSR count). The van der Waals surface area contributed by atoms with Crippen molar-refractivity contribution in [1.29, 1.82) is 0 Å². The summed E-state index contributed by atoms with van der Waals surface area (Å²) >= 11 is 0. The van der Waals surface area contributed by atoms with Crippen LogP contribution in [0.15, 0.2) is 36.4 Å². The molecule has 0 radical (unpaired) electrons. The van der Waals surface area contributed by atoms with Crippen LogP contribution in [0.5, 0.6) is 0 Å². The molecule has 1 aliphatic rings. The standard InChI is InChI=1S/C26H38O5/c1-3-5-6-13-21(27)15-16-22-23(25(29)18-24(22)28)17-20-11-8-7-10-19(20)12-9-14-26(30)31-4-2/h7-8,10-11,15-16,21-24,27-28H,3-6,9,12-14,17-18H2,1-2H3/t21-,22-,23?,24-/m0/s1. The van der Waals surface area contributed by atoms with Crippen LogP contribution in [0, 0.1) is 11.8 Å². The van der Waals surface area contributed by atoms with E-state index in [-0.39, 0.29) is 30.0 Å². The number of aliphatic hydroxyl groups excluding tert-OH is 2. The van der Waals surface area contributed by atoms with Gasteiger partial charge in [0.25, 0.3) is 0 Å². The van der Waals surface area contributed by atoms with Gasteiger partial charge in [-0.3, -0.25) is 9.59 Å². The van der Waals surface area contributed by atoms with Crippen molar-refractivity contribution in [2.75, 3.05) is 6.61 Å². The van der Waals surface area contributed by atoms with Gasteiger partial charge in [-0.15, -0.1) is 0 Å². The fourth-order valence-corrected chi connectivity index (χ4v) is 4.34. The molecule has 0 saturated heterocycles. The maximum atomic E-state index is 12.6. The predicted octanol–water partition coefficient (Wildman–Crippen LogP) is 4.18. The van der Waals surface area contributed by atoms with Gasteiger partial charge in [-0.25, -0.2) is 0 Å². The van der Waals surface area contributed by atoms with Gasteiger partial charge >= 0.3 is 5.97 Å². The van der Waals surface area contributed by atoms with E-state index >= 15 is 0 Å². The average Bonchev–Trinajstić information content (AvgIpc) is 3.00. The number of ether oxygens (including phenoxy) is 1. The van der Waals surface area contributed by atoms with Crippen LogP contribution in [0.1, 0.15) is 69.9 Å². The largest absolute Gasteiger partial charge is 0.466 e. The topological polar surface area (TPSA) is 83.8 Å².